The monoisotopic (exact) mass is 485 g/mol. The summed E-state index contributed by atoms with van der Waals surface area (Å²) >= 11 is 6.01. The fraction of sp³-hybridized carbons (Fsp3) is 0.500. The zero-order chi connectivity index (χ0) is 21.1. The van der Waals surface area contributed by atoms with Gasteiger partial charge in [0.1, 0.15) is 0 Å². The van der Waals surface area contributed by atoms with E-state index in [1.165, 1.54) is 4.31 Å². The maximum Gasteiger partial charge on any atom is 0.243 e. The minimum absolute atomic E-state index is 0. The Morgan fingerprint density at radius 3 is 2.35 bits per heavy atom. The minimum atomic E-state index is -3.59. The number of rotatable bonds is 5. The summed E-state index contributed by atoms with van der Waals surface area (Å²) < 4.78 is 27.7. The molecule has 0 aliphatic carbocycles. The average molecular weight is 486 g/mol. The lowest BCUT2D eigenvalue weighted by Gasteiger charge is -2.34. The van der Waals surface area contributed by atoms with Gasteiger partial charge in [0.2, 0.25) is 15.9 Å². The van der Waals surface area contributed by atoms with Gasteiger partial charge in [-0.1, -0.05) is 23.7 Å². The molecule has 6 nitrogen and oxygen atoms in total. The Morgan fingerprint density at radius 2 is 1.65 bits per heavy atom. The molecule has 31 heavy (non-hydrogen) atoms. The zero-order valence-corrected chi connectivity index (χ0v) is 19.8. The first-order valence-corrected chi connectivity index (χ1v) is 12.4. The smallest absolute Gasteiger partial charge is 0.243 e. The number of piperazine rings is 1. The molecule has 0 spiro atoms. The standard InChI is InChI=1S/C22H28ClN3O3S.ClH/c23-20-4-2-19-16-21(5-3-18(19)15-20)30(28,29)26-13-11-25(12-14-26)22(27)6-1-17-7-9-24-10-8-17;/h2-5,15-17,24H,1,6-14H2;1H. The number of nitrogens with zero attached hydrogens (tertiary/aromatic N) is 2. The Hall–Kier alpha value is -1.38. The fourth-order valence-corrected chi connectivity index (χ4v) is 5.98. The van der Waals surface area contributed by atoms with Crippen molar-refractivity contribution < 1.29 is 13.2 Å². The van der Waals surface area contributed by atoms with E-state index < -0.39 is 10.0 Å². The number of nitrogens with one attached hydrogen (secondary N) is 1. The predicted octanol–water partition coefficient (Wildman–Crippen LogP) is 3.53. The third-order valence-corrected chi connectivity index (χ3v) is 8.36. The molecule has 2 saturated heterocycles. The summed E-state index contributed by atoms with van der Waals surface area (Å²) in [6, 6.07) is 10.5. The molecule has 0 aromatic heterocycles. The van der Waals surface area contributed by atoms with Crippen molar-refractivity contribution in [2.75, 3.05) is 39.3 Å². The summed E-state index contributed by atoms with van der Waals surface area (Å²) in [4.78, 5) is 14.7. The van der Waals surface area contributed by atoms with Gasteiger partial charge < -0.3 is 10.2 Å². The van der Waals surface area contributed by atoms with Crippen LogP contribution in [0.25, 0.3) is 10.8 Å². The van der Waals surface area contributed by atoms with Crippen LogP contribution >= 0.6 is 24.0 Å². The molecule has 1 amide bonds. The molecule has 0 bridgehead atoms. The molecule has 9 heteroatoms. The Balaban J connectivity index is 0.00000272. The number of sulfonamides is 1. The number of carbonyl (C=O) groups excluding carboxylic acids is 1. The molecule has 0 radical (unpaired) electrons. The minimum Gasteiger partial charge on any atom is -0.340 e. The molecule has 0 saturated carbocycles. The van der Waals surface area contributed by atoms with Crippen molar-refractivity contribution in [3.63, 3.8) is 0 Å². The van der Waals surface area contributed by atoms with E-state index in [-0.39, 0.29) is 23.2 Å². The third kappa shape index (κ3) is 5.71. The maximum atomic E-state index is 13.1. The van der Waals surface area contributed by atoms with Crippen LogP contribution < -0.4 is 5.32 Å². The first-order chi connectivity index (χ1) is 14.4. The van der Waals surface area contributed by atoms with E-state index in [0.717, 1.165) is 43.1 Å². The van der Waals surface area contributed by atoms with Crippen molar-refractivity contribution in [1.82, 2.24) is 14.5 Å². The topological polar surface area (TPSA) is 69.7 Å². The van der Waals surface area contributed by atoms with Crippen molar-refractivity contribution in [3.05, 3.63) is 41.4 Å². The molecule has 1 N–H and O–H groups in total. The highest BCUT2D eigenvalue weighted by Crippen LogP contribution is 2.25. The van der Waals surface area contributed by atoms with Gasteiger partial charge in [-0.05, 0) is 73.3 Å². The van der Waals surface area contributed by atoms with Crippen LogP contribution in [0.5, 0.6) is 0 Å². The Labute approximate surface area is 195 Å². The number of hydrogen-bond acceptors (Lipinski definition) is 4. The van der Waals surface area contributed by atoms with E-state index in [0.29, 0.717) is 43.5 Å². The van der Waals surface area contributed by atoms with Crippen molar-refractivity contribution in [2.24, 2.45) is 5.92 Å². The fourth-order valence-electron chi connectivity index (χ4n) is 4.34. The number of fused-ring (bicyclic) bond motifs is 1. The molecule has 0 atom stereocenters. The molecule has 2 aromatic rings. The van der Waals surface area contributed by atoms with E-state index in [1.54, 1.807) is 24.3 Å². The first-order valence-electron chi connectivity index (χ1n) is 10.6. The van der Waals surface area contributed by atoms with E-state index in [4.69, 9.17) is 11.6 Å². The quantitative estimate of drug-likeness (QED) is 0.702. The first kappa shape index (κ1) is 24.3. The Kier molecular flexibility index (Phi) is 8.21. The molecule has 2 aromatic carbocycles. The average Bonchev–Trinajstić information content (AvgIpc) is 2.77. The van der Waals surface area contributed by atoms with Crippen molar-refractivity contribution in [3.8, 4) is 0 Å². The van der Waals surface area contributed by atoms with Crippen LogP contribution in [0.4, 0.5) is 0 Å². The molecule has 2 heterocycles. The number of carbonyl (C=O) groups is 1. The van der Waals surface area contributed by atoms with Crippen molar-refractivity contribution in [1.29, 1.82) is 0 Å². The van der Waals surface area contributed by atoms with Gasteiger partial charge in [0.15, 0.2) is 0 Å². The van der Waals surface area contributed by atoms with E-state index in [1.807, 2.05) is 17.0 Å². The largest absolute Gasteiger partial charge is 0.340 e. The lowest BCUT2D eigenvalue weighted by Crippen LogP contribution is -2.50. The van der Waals surface area contributed by atoms with Gasteiger partial charge in [0, 0.05) is 37.6 Å². The predicted molar refractivity (Wildman–Crippen MR) is 126 cm³/mol. The van der Waals surface area contributed by atoms with Crippen molar-refractivity contribution in [2.45, 2.75) is 30.6 Å². The highest BCUT2D eigenvalue weighted by Gasteiger charge is 2.30. The molecule has 4 rings (SSSR count). The summed E-state index contributed by atoms with van der Waals surface area (Å²) in [5, 5.41) is 5.72. The number of halogens is 2. The highest BCUT2D eigenvalue weighted by molar-refractivity contribution is 7.89. The SMILES string of the molecule is Cl.O=C(CCC1CCNCC1)N1CCN(S(=O)(=O)c2ccc3cc(Cl)ccc3c2)CC1. The van der Waals surface area contributed by atoms with E-state index >= 15 is 0 Å². The molecular formula is C22H29Cl2N3O3S. The molecule has 2 aliphatic heterocycles. The second kappa shape index (κ2) is 10.5. The summed E-state index contributed by atoms with van der Waals surface area (Å²) in [6.07, 6.45) is 3.76. The molecular weight excluding hydrogens is 457 g/mol. The molecule has 0 unspecified atom stereocenters. The number of hydrogen-bond donors (Lipinski definition) is 1. The molecule has 2 fully saturated rings. The van der Waals surface area contributed by atoms with Crippen LogP contribution in [0.15, 0.2) is 41.3 Å². The third-order valence-electron chi connectivity index (χ3n) is 6.23. The summed E-state index contributed by atoms with van der Waals surface area (Å²) in [6.45, 7) is 3.65. The Bertz CT molecular complexity index is 1020. The number of piperidine rings is 1. The van der Waals surface area contributed by atoms with Gasteiger partial charge in [0.05, 0.1) is 4.90 Å². The van der Waals surface area contributed by atoms with Gasteiger partial charge in [-0.2, -0.15) is 4.31 Å². The summed E-state index contributed by atoms with van der Waals surface area (Å²) in [7, 11) is -3.59. The molecule has 170 valence electrons. The number of amides is 1. The molecule has 2 aliphatic rings. The number of benzene rings is 2. The maximum absolute atomic E-state index is 13.1. The van der Waals surface area contributed by atoms with Crippen LogP contribution in [0.2, 0.25) is 5.02 Å². The normalized spacial score (nSPS) is 18.7. The lowest BCUT2D eigenvalue weighted by molar-refractivity contribution is -0.132. The van der Waals surface area contributed by atoms with Crippen LogP contribution in [0, 0.1) is 5.92 Å². The zero-order valence-electron chi connectivity index (χ0n) is 17.4. The summed E-state index contributed by atoms with van der Waals surface area (Å²) in [5.74, 6) is 0.771. The van der Waals surface area contributed by atoms with Gasteiger partial charge >= 0.3 is 0 Å². The second-order valence-electron chi connectivity index (χ2n) is 8.17. The van der Waals surface area contributed by atoms with Crippen LogP contribution in [-0.4, -0.2) is 62.8 Å². The van der Waals surface area contributed by atoms with E-state index in [2.05, 4.69) is 5.32 Å². The van der Waals surface area contributed by atoms with Gasteiger partial charge in [-0.25, -0.2) is 8.42 Å². The van der Waals surface area contributed by atoms with Crippen molar-refractivity contribution >= 4 is 50.7 Å². The second-order valence-corrected chi connectivity index (χ2v) is 10.5. The lowest BCUT2D eigenvalue weighted by atomic mass is 9.93. The van der Waals surface area contributed by atoms with Gasteiger partial charge in [-0.3, -0.25) is 4.79 Å². The Morgan fingerprint density at radius 1 is 1.00 bits per heavy atom. The van der Waals surface area contributed by atoms with Gasteiger partial charge in [-0.15, -0.1) is 12.4 Å². The highest BCUT2D eigenvalue weighted by atomic mass is 35.5. The summed E-state index contributed by atoms with van der Waals surface area (Å²) in [5.41, 5.74) is 0. The van der Waals surface area contributed by atoms with E-state index in [9.17, 15) is 13.2 Å². The van der Waals surface area contributed by atoms with Crippen LogP contribution in [0.3, 0.4) is 0 Å². The van der Waals surface area contributed by atoms with Gasteiger partial charge in [0.25, 0.3) is 0 Å². The van der Waals surface area contributed by atoms with Crippen LogP contribution in [-0.2, 0) is 14.8 Å². The van der Waals surface area contributed by atoms with Crippen LogP contribution in [0.1, 0.15) is 25.7 Å².